The smallest absolute Gasteiger partial charge is 0.242 e. The molecule has 3 aromatic rings. The fourth-order valence-electron chi connectivity index (χ4n) is 2.51. The van der Waals surface area contributed by atoms with Crippen LogP contribution in [0.3, 0.4) is 0 Å². The number of carbonyl (C=O) groups is 1. The van der Waals surface area contributed by atoms with Crippen LogP contribution in [0.1, 0.15) is 24.2 Å². The first-order chi connectivity index (χ1) is 12.0. The first-order valence-corrected chi connectivity index (χ1v) is 7.46. The molecule has 0 saturated carbocycles. The van der Waals surface area contributed by atoms with Crippen LogP contribution in [0.25, 0.3) is 5.69 Å². The Labute approximate surface area is 141 Å². The van der Waals surface area contributed by atoms with Crippen molar-refractivity contribution in [1.29, 1.82) is 0 Å². The normalized spacial score (nSPS) is 12.2. The van der Waals surface area contributed by atoms with Gasteiger partial charge >= 0.3 is 0 Å². The van der Waals surface area contributed by atoms with Crippen LogP contribution < -0.4 is 5.32 Å². The number of hydrogen-bond donors (Lipinski definition) is 1. The van der Waals surface area contributed by atoms with Gasteiger partial charge in [-0.25, -0.2) is 18.1 Å². The molecule has 0 bridgehead atoms. The molecular weight excluding hydrogens is 332 g/mol. The van der Waals surface area contributed by atoms with Gasteiger partial charge in [0.1, 0.15) is 24.4 Å². The predicted molar refractivity (Wildman–Crippen MR) is 82.6 cm³/mol. The van der Waals surface area contributed by atoms with E-state index in [9.17, 15) is 13.6 Å². The zero-order valence-corrected chi connectivity index (χ0v) is 13.5. The van der Waals surface area contributed by atoms with Gasteiger partial charge in [-0.2, -0.15) is 5.10 Å². The molecule has 3 rings (SSSR count). The minimum atomic E-state index is -0.715. The highest BCUT2D eigenvalue weighted by atomic mass is 19.1. The molecule has 10 heteroatoms. The molecule has 0 aliphatic carbocycles. The Balaban J connectivity index is 1.77. The molecule has 0 aliphatic rings. The van der Waals surface area contributed by atoms with Crippen molar-refractivity contribution in [1.82, 2.24) is 35.3 Å². The van der Waals surface area contributed by atoms with Crippen molar-refractivity contribution in [2.75, 3.05) is 0 Å². The standard InChI is InChI=1S/C15H15F2N7O/c1-9(20-15(25)7-23-8-18-21-22-23)12-6-19-24(10(12)2)14-4-3-11(16)5-13(14)17/h3-6,8-9H,7H2,1-2H3,(H,20,25)/t9-/m0/s1. The maximum absolute atomic E-state index is 14.0. The monoisotopic (exact) mass is 347 g/mol. The number of nitrogens with one attached hydrogen (secondary N) is 1. The molecule has 0 radical (unpaired) electrons. The van der Waals surface area contributed by atoms with Crippen LogP contribution in [0.5, 0.6) is 0 Å². The molecule has 130 valence electrons. The molecular formula is C15H15F2N7O. The highest BCUT2D eigenvalue weighted by Gasteiger charge is 2.18. The average molecular weight is 347 g/mol. The zero-order valence-electron chi connectivity index (χ0n) is 13.5. The molecule has 25 heavy (non-hydrogen) atoms. The van der Waals surface area contributed by atoms with E-state index in [4.69, 9.17) is 0 Å². The molecule has 2 heterocycles. The topological polar surface area (TPSA) is 90.5 Å². The van der Waals surface area contributed by atoms with E-state index in [1.807, 2.05) is 0 Å². The highest BCUT2D eigenvalue weighted by Crippen LogP contribution is 2.22. The second-order valence-electron chi connectivity index (χ2n) is 5.49. The lowest BCUT2D eigenvalue weighted by Gasteiger charge is -2.14. The van der Waals surface area contributed by atoms with Gasteiger partial charge in [-0.3, -0.25) is 4.79 Å². The van der Waals surface area contributed by atoms with E-state index in [1.54, 1.807) is 20.0 Å². The lowest BCUT2D eigenvalue weighted by molar-refractivity contribution is -0.122. The van der Waals surface area contributed by atoms with E-state index < -0.39 is 11.6 Å². The number of hydrogen-bond acceptors (Lipinski definition) is 5. The SMILES string of the molecule is Cc1c([C@H](C)NC(=O)Cn2cnnn2)cnn1-c1ccc(F)cc1F. The van der Waals surface area contributed by atoms with Crippen LogP contribution >= 0.6 is 0 Å². The molecule has 0 saturated heterocycles. The molecule has 1 N–H and O–H groups in total. The molecule has 8 nitrogen and oxygen atoms in total. The number of nitrogens with zero attached hydrogens (tertiary/aromatic N) is 6. The lowest BCUT2D eigenvalue weighted by Crippen LogP contribution is -2.30. The van der Waals surface area contributed by atoms with E-state index in [0.717, 1.165) is 12.1 Å². The maximum atomic E-state index is 14.0. The van der Waals surface area contributed by atoms with E-state index >= 15 is 0 Å². The van der Waals surface area contributed by atoms with E-state index in [2.05, 4.69) is 25.9 Å². The van der Waals surface area contributed by atoms with Gasteiger partial charge in [0.05, 0.1) is 12.2 Å². The second kappa shape index (κ2) is 6.75. The summed E-state index contributed by atoms with van der Waals surface area (Å²) in [6, 6.07) is 2.92. The summed E-state index contributed by atoms with van der Waals surface area (Å²) in [6.45, 7) is 3.51. The van der Waals surface area contributed by atoms with Gasteiger partial charge < -0.3 is 5.32 Å². The van der Waals surface area contributed by atoms with E-state index in [0.29, 0.717) is 11.3 Å². The lowest BCUT2D eigenvalue weighted by atomic mass is 10.1. The van der Waals surface area contributed by atoms with Crippen molar-refractivity contribution in [3.63, 3.8) is 0 Å². The van der Waals surface area contributed by atoms with Crippen molar-refractivity contribution < 1.29 is 13.6 Å². The summed E-state index contributed by atoms with van der Waals surface area (Å²) < 4.78 is 29.7. The summed E-state index contributed by atoms with van der Waals surface area (Å²) in [6.07, 6.45) is 2.88. The van der Waals surface area contributed by atoms with Gasteiger partial charge in [0.2, 0.25) is 5.91 Å². The van der Waals surface area contributed by atoms with Crippen LogP contribution in [-0.4, -0.2) is 35.9 Å². The van der Waals surface area contributed by atoms with Crippen LogP contribution in [0.2, 0.25) is 0 Å². The van der Waals surface area contributed by atoms with Gasteiger partial charge in [-0.15, -0.1) is 5.10 Å². The van der Waals surface area contributed by atoms with Gasteiger partial charge in [-0.1, -0.05) is 0 Å². The van der Waals surface area contributed by atoms with Crippen LogP contribution in [-0.2, 0) is 11.3 Å². The Morgan fingerprint density at radius 1 is 1.36 bits per heavy atom. The molecule has 1 atom stereocenters. The summed E-state index contributed by atoms with van der Waals surface area (Å²) in [5.74, 6) is -1.65. The number of rotatable bonds is 5. The molecule has 2 aromatic heterocycles. The Hall–Kier alpha value is -3.17. The first kappa shape index (κ1) is 16.7. The van der Waals surface area contributed by atoms with Crippen molar-refractivity contribution >= 4 is 5.91 Å². The third-order valence-corrected chi connectivity index (χ3v) is 3.73. The molecule has 0 spiro atoms. The zero-order chi connectivity index (χ0) is 18.0. The summed E-state index contributed by atoms with van der Waals surface area (Å²) in [5.41, 5.74) is 1.49. The Morgan fingerprint density at radius 3 is 2.84 bits per heavy atom. The van der Waals surface area contributed by atoms with Crippen LogP contribution in [0.4, 0.5) is 8.78 Å². The van der Waals surface area contributed by atoms with E-state index in [1.165, 1.54) is 21.8 Å². The average Bonchev–Trinajstić information content (AvgIpc) is 3.17. The number of carbonyl (C=O) groups excluding carboxylic acids is 1. The van der Waals surface area contributed by atoms with Crippen LogP contribution in [0, 0.1) is 18.6 Å². The van der Waals surface area contributed by atoms with Crippen molar-refractivity contribution in [3.05, 3.63) is 53.6 Å². The third-order valence-electron chi connectivity index (χ3n) is 3.73. The minimum Gasteiger partial charge on any atom is -0.348 e. The van der Waals surface area contributed by atoms with Gasteiger partial charge in [-0.05, 0) is 36.4 Å². The fraction of sp³-hybridized carbons (Fsp3) is 0.267. The second-order valence-corrected chi connectivity index (χ2v) is 5.49. The van der Waals surface area contributed by atoms with Crippen molar-refractivity contribution in [2.45, 2.75) is 26.4 Å². The minimum absolute atomic E-state index is 0.0168. The molecule has 1 amide bonds. The first-order valence-electron chi connectivity index (χ1n) is 7.46. The largest absolute Gasteiger partial charge is 0.348 e. The van der Waals surface area contributed by atoms with Gasteiger partial charge in [0.15, 0.2) is 5.82 Å². The summed E-state index contributed by atoms with van der Waals surface area (Å²) in [5, 5.41) is 17.5. The summed E-state index contributed by atoms with van der Waals surface area (Å²) in [7, 11) is 0. The van der Waals surface area contributed by atoms with E-state index in [-0.39, 0.29) is 24.2 Å². The van der Waals surface area contributed by atoms with Crippen LogP contribution in [0.15, 0.2) is 30.7 Å². The number of halogens is 2. The number of tetrazole rings is 1. The van der Waals surface area contributed by atoms with Gasteiger partial charge in [0, 0.05) is 17.3 Å². The predicted octanol–water partition coefficient (Wildman–Crippen LogP) is 1.32. The molecule has 0 fully saturated rings. The molecule has 0 aliphatic heterocycles. The van der Waals surface area contributed by atoms with Crippen molar-refractivity contribution in [3.8, 4) is 5.69 Å². The molecule has 0 unspecified atom stereocenters. The summed E-state index contributed by atoms with van der Waals surface area (Å²) in [4.78, 5) is 12.0. The highest BCUT2D eigenvalue weighted by molar-refractivity contribution is 5.76. The Morgan fingerprint density at radius 2 is 2.16 bits per heavy atom. The Bertz CT molecular complexity index is 891. The fourth-order valence-corrected chi connectivity index (χ4v) is 2.51. The third kappa shape index (κ3) is 3.52. The Kier molecular flexibility index (Phi) is 4.50. The number of aromatic nitrogens is 6. The summed E-state index contributed by atoms with van der Waals surface area (Å²) >= 11 is 0. The molecule has 1 aromatic carbocycles. The maximum Gasteiger partial charge on any atom is 0.242 e. The number of benzene rings is 1. The quantitative estimate of drug-likeness (QED) is 0.752. The van der Waals surface area contributed by atoms with Crippen molar-refractivity contribution in [2.24, 2.45) is 0 Å². The van der Waals surface area contributed by atoms with Gasteiger partial charge in [0.25, 0.3) is 0 Å². The number of amides is 1.